The Morgan fingerprint density at radius 2 is 1.58 bits per heavy atom. The van der Waals surface area contributed by atoms with Crippen LogP contribution in [0, 0.1) is 0 Å². The maximum atomic E-state index is 13.1. The van der Waals surface area contributed by atoms with Gasteiger partial charge in [-0.25, -0.2) is 4.79 Å². The molecule has 5 N–H and O–H groups in total. The van der Waals surface area contributed by atoms with Crippen molar-refractivity contribution in [3.63, 3.8) is 0 Å². The summed E-state index contributed by atoms with van der Waals surface area (Å²) in [6.07, 6.45) is 2.08. The van der Waals surface area contributed by atoms with Crippen LogP contribution in [0.15, 0.2) is 42.5 Å². The molecule has 0 aromatic heterocycles. The number of amides is 3. The molecule has 2 atom stereocenters. The number of piperidine rings is 2. The number of aliphatic hydroxyl groups is 1. The maximum Gasteiger partial charge on any atom is 0.336 e. The fourth-order valence-electron chi connectivity index (χ4n) is 7.50. The molecule has 3 aliphatic heterocycles. The van der Waals surface area contributed by atoms with Crippen molar-refractivity contribution in [3.05, 3.63) is 69.2 Å². The standard InChI is InChI=1S/C30H36Cl2N4O3.C6H8O7/c1-33-29(39)30(36-15-6-5-9-26(36)37)13-17-35(18-14-30)16-12-21(20-10-11-24(31)25(32)19-20)27-22-7-3-4-8-23(22)28(38)34(27)2;7-3(8)1-6(13,5(11)12)2-4(9)10/h3-4,7-8,10-11,19,21,27H,5-6,9,12-18H2,1-2H3,(H,33,39);13H,1-2H2,(H,7,8)(H,9,10)(H,11,12). The van der Waals surface area contributed by atoms with E-state index >= 15 is 0 Å². The zero-order chi connectivity index (χ0) is 38.4. The van der Waals surface area contributed by atoms with Gasteiger partial charge in [0.1, 0.15) is 5.54 Å². The van der Waals surface area contributed by atoms with Crippen molar-refractivity contribution in [1.82, 2.24) is 20.0 Å². The van der Waals surface area contributed by atoms with Crippen molar-refractivity contribution in [1.29, 1.82) is 0 Å². The Morgan fingerprint density at radius 1 is 0.942 bits per heavy atom. The number of fused-ring (bicyclic) bond motifs is 1. The van der Waals surface area contributed by atoms with E-state index in [0.717, 1.165) is 55.6 Å². The number of carbonyl (C=O) groups is 6. The van der Waals surface area contributed by atoms with Gasteiger partial charge in [0.2, 0.25) is 11.8 Å². The molecule has 14 nitrogen and oxygen atoms in total. The summed E-state index contributed by atoms with van der Waals surface area (Å²) in [5, 5.41) is 37.6. The number of rotatable bonds is 12. The van der Waals surface area contributed by atoms with Gasteiger partial charge in [-0.05, 0) is 68.0 Å². The zero-order valence-electron chi connectivity index (χ0n) is 29.0. The summed E-state index contributed by atoms with van der Waals surface area (Å²) in [4.78, 5) is 75.6. The van der Waals surface area contributed by atoms with Crippen LogP contribution < -0.4 is 5.32 Å². The van der Waals surface area contributed by atoms with Crippen LogP contribution in [0.1, 0.15) is 84.8 Å². The largest absolute Gasteiger partial charge is 0.481 e. The molecule has 2 fully saturated rings. The van der Waals surface area contributed by atoms with E-state index in [1.807, 2.05) is 59.3 Å². The number of likely N-dealkylation sites (N-methyl/N-ethyl adjacent to an activating group) is 2. The lowest BCUT2D eigenvalue weighted by Crippen LogP contribution is -2.65. The highest BCUT2D eigenvalue weighted by atomic mass is 35.5. The first-order chi connectivity index (χ1) is 24.5. The van der Waals surface area contributed by atoms with Gasteiger partial charge in [-0.15, -0.1) is 0 Å². The number of aliphatic carboxylic acids is 3. The Hall–Kier alpha value is -4.24. The summed E-state index contributed by atoms with van der Waals surface area (Å²) in [6.45, 7) is 2.89. The number of nitrogens with one attached hydrogen (secondary N) is 1. The number of benzene rings is 2. The first kappa shape index (κ1) is 40.5. The summed E-state index contributed by atoms with van der Waals surface area (Å²) in [5.74, 6) is -4.96. The molecule has 282 valence electrons. The minimum atomic E-state index is -2.74. The second-order valence-corrected chi connectivity index (χ2v) is 14.3. The number of likely N-dealkylation sites (tertiary alicyclic amines) is 2. The third kappa shape index (κ3) is 8.85. The van der Waals surface area contributed by atoms with Gasteiger partial charge in [-0.3, -0.25) is 24.0 Å². The van der Waals surface area contributed by atoms with Gasteiger partial charge in [0.05, 0.1) is 28.9 Å². The van der Waals surface area contributed by atoms with Gasteiger partial charge in [-0.1, -0.05) is 47.5 Å². The molecular weight excluding hydrogens is 719 g/mol. The SMILES string of the molecule is CNC(=O)C1(N2CCCCC2=O)CCN(CCC(c2ccc(Cl)c(Cl)c2)C2c3ccccc3C(=O)N2C)CC1.O=C(O)CC(O)(CC(=O)O)C(=O)O. The Labute approximate surface area is 311 Å². The van der Waals surface area contributed by atoms with Crippen molar-refractivity contribution in [2.45, 2.75) is 74.5 Å². The minimum absolute atomic E-state index is 0.00617. The third-order valence-electron chi connectivity index (χ3n) is 10.2. The quantitative estimate of drug-likeness (QED) is 0.211. The molecule has 2 aromatic rings. The number of carbonyl (C=O) groups excluding carboxylic acids is 3. The topological polar surface area (TPSA) is 205 Å². The van der Waals surface area contributed by atoms with E-state index in [-0.39, 0.29) is 29.7 Å². The fourth-order valence-corrected chi connectivity index (χ4v) is 7.81. The Kier molecular flexibility index (Phi) is 13.3. The van der Waals surface area contributed by atoms with Crippen molar-refractivity contribution >= 4 is 58.8 Å². The van der Waals surface area contributed by atoms with Crippen LogP contribution >= 0.6 is 23.2 Å². The molecule has 0 radical (unpaired) electrons. The molecule has 0 saturated carbocycles. The first-order valence-electron chi connectivity index (χ1n) is 17.0. The average molecular weight is 764 g/mol. The molecule has 2 unspecified atom stereocenters. The molecule has 52 heavy (non-hydrogen) atoms. The number of nitrogens with zero attached hydrogens (tertiary/aromatic N) is 3. The van der Waals surface area contributed by atoms with E-state index in [9.17, 15) is 28.8 Å². The molecular formula is C36H44Cl2N4O10. The summed E-state index contributed by atoms with van der Waals surface area (Å²) in [6, 6.07) is 13.5. The van der Waals surface area contributed by atoms with E-state index in [1.165, 1.54) is 0 Å². The predicted octanol–water partition coefficient (Wildman–Crippen LogP) is 3.64. The van der Waals surface area contributed by atoms with Crippen molar-refractivity contribution in [3.8, 4) is 0 Å². The lowest BCUT2D eigenvalue weighted by molar-refractivity contribution is -0.170. The van der Waals surface area contributed by atoms with Crippen LogP contribution in [0.5, 0.6) is 0 Å². The smallest absolute Gasteiger partial charge is 0.336 e. The Bertz CT molecular complexity index is 1680. The molecule has 0 aliphatic carbocycles. The van der Waals surface area contributed by atoms with Gasteiger partial charge >= 0.3 is 17.9 Å². The molecule has 0 spiro atoms. The highest BCUT2D eigenvalue weighted by molar-refractivity contribution is 6.42. The van der Waals surface area contributed by atoms with Crippen LogP contribution in [0.2, 0.25) is 10.0 Å². The highest BCUT2D eigenvalue weighted by Gasteiger charge is 2.48. The van der Waals surface area contributed by atoms with Crippen LogP contribution in [0.4, 0.5) is 0 Å². The average Bonchev–Trinajstić information content (AvgIpc) is 3.35. The van der Waals surface area contributed by atoms with Crippen LogP contribution in [-0.4, -0.2) is 122 Å². The van der Waals surface area contributed by atoms with Crippen LogP contribution in [-0.2, 0) is 24.0 Å². The van der Waals surface area contributed by atoms with Crippen molar-refractivity contribution in [2.24, 2.45) is 0 Å². The number of hydrogen-bond acceptors (Lipinski definition) is 8. The molecule has 3 amide bonds. The van der Waals surface area contributed by atoms with Crippen LogP contribution in [0.25, 0.3) is 0 Å². The van der Waals surface area contributed by atoms with Crippen molar-refractivity contribution in [2.75, 3.05) is 40.3 Å². The Balaban J connectivity index is 0.000000398. The summed E-state index contributed by atoms with van der Waals surface area (Å²) in [5.41, 5.74) is -0.696. The lowest BCUT2D eigenvalue weighted by Gasteiger charge is -2.48. The van der Waals surface area contributed by atoms with Crippen LogP contribution in [0.3, 0.4) is 0 Å². The zero-order valence-corrected chi connectivity index (χ0v) is 30.5. The summed E-state index contributed by atoms with van der Waals surface area (Å²) < 4.78 is 0. The lowest BCUT2D eigenvalue weighted by atomic mass is 9.82. The minimum Gasteiger partial charge on any atom is -0.481 e. The highest BCUT2D eigenvalue weighted by Crippen LogP contribution is 2.45. The summed E-state index contributed by atoms with van der Waals surface area (Å²) in [7, 11) is 3.52. The number of carboxylic acids is 3. The predicted molar refractivity (Wildman–Crippen MR) is 190 cm³/mol. The molecule has 2 aromatic carbocycles. The number of halogens is 2. The monoisotopic (exact) mass is 762 g/mol. The number of hydrogen-bond donors (Lipinski definition) is 5. The third-order valence-corrected chi connectivity index (χ3v) is 11.0. The second-order valence-electron chi connectivity index (χ2n) is 13.4. The van der Waals surface area contributed by atoms with Gasteiger partial charge in [0.15, 0.2) is 5.60 Å². The summed E-state index contributed by atoms with van der Waals surface area (Å²) >= 11 is 12.7. The maximum absolute atomic E-state index is 13.1. The van der Waals surface area contributed by atoms with E-state index in [0.29, 0.717) is 35.9 Å². The fraction of sp³-hybridized carbons (Fsp3) is 0.500. The molecule has 5 rings (SSSR count). The Morgan fingerprint density at radius 3 is 2.13 bits per heavy atom. The van der Waals surface area contributed by atoms with E-state index in [2.05, 4.69) is 10.2 Å². The second kappa shape index (κ2) is 17.1. The van der Waals surface area contributed by atoms with E-state index in [1.54, 1.807) is 7.05 Å². The first-order valence-corrected chi connectivity index (χ1v) is 17.8. The normalized spacial score (nSPS) is 19.3. The van der Waals surface area contributed by atoms with Gasteiger partial charge in [-0.2, -0.15) is 0 Å². The molecule has 2 saturated heterocycles. The molecule has 16 heteroatoms. The number of carboxylic acid groups (broad SMARTS) is 3. The molecule has 3 aliphatic rings. The van der Waals surface area contributed by atoms with Gasteiger partial charge in [0.25, 0.3) is 5.91 Å². The van der Waals surface area contributed by atoms with E-state index < -0.39 is 41.9 Å². The molecule has 3 heterocycles. The van der Waals surface area contributed by atoms with Gasteiger partial charge in [0, 0.05) is 51.6 Å². The van der Waals surface area contributed by atoms with E-state index in [4.69, 9.17) is 43.6 Å². The van der Waals surface area contributed by atoms with Crippen molar-refractivity contribution < 1.29 is 49.2 Å². The van der Waals surface area contributed by atoms with Gasteiger partial charge < -0.3 is 40.4 Å². The molecule has 0 bridgehead atoms.